The van der Waals surface area contributed by atoms with Gasteiger partial charge in [-0.05, 0) is 54.7 Å². The minimum atomic E-state index is -0.388. The molecule has 7 heteroatoms. The van der Waals surface area contributed by atoms with Gasteiger partial charge in [0.25, 0.3) is 5.91 Å². The molecule has 1 aliphatic heterocycles. The summed E-state index contributed by atoms with van der Waals surface area (Å²) in [5, 5.41) is 6.47. The first kappa shape index (κ1) is 22.4. The molecule has 0 spiro atoms. The molecule has 6 nitrogen and oxygen atoms in total. The molecule has 2 fully saturated rings. The van der Waals surface area contributed by atoms with Crippen LogP contribution < -0.4 is 20.3 Å². The Morgan fingerprint density at radius 3 is 2.66 bits per heavy atom. The largest absolute Gasteiger partial charge is 0.494 e. The number of carbonyl (C=O) groups is 1. The van der Waals surface area contributed by atoms with E-state index in [0.717, 1.165) is 36.6 Å². The van der Waals surface area contributed by atoms with E-state index in [4.69, 9.17) is 9.47 Å². The molecule has 1 heterocycles. The fraction of sp³-hybridized carbons (Fsp3) is 0.480. The fourth-order valence-corrected chi connectivity index (χ4v) is 4.48. The van der Waals surface area contributed by atoms with Crippen LogP contribution in [0, 0.1) is 11.7 Å². The van der Waals surface area contributed by atoms with Crippen molar-refractivity contribution < 1.29 is 18.7 Å². The van der Waals surface area contributed by atoms with Gasteiger partial charge in [0.2, 0.25) is 0 Å². The fourth-order valence-electron chi connectivity index (χ4n) is 4.48. The summed E-state index contributed by atoms with van der Waals surface area (Å²) in [6.45, 7) is 4.02. The van der Waals surface area contributed by atoms with Crippen molar-refractivity contribution >= 4 is 17.3 Å². The van der Waals surface area contributed by atoms with E-state index in [1.807, 2.05) is 24.3 Å². The lowest BCUT2D eigenvalue weighted by Gasteiger charge is -2.30. The Bertz CT molecular complexity index is 925. The highest BCUT2D eigenvalue weighted by Crippen LogP contribution is 2.27. The molecule has 0 atom stereocenters. The molecule has 0 bridgehead atoms. The van der Waals surface area contributed by atoms with Crippen LogP contribution in [0.25, 0.3) is 0 Å². The quantitative estimate of drug-likeness (QED) is 0.643. The summed E-state index contributed by atoms with van der Waals surface area (Å²) in [7, 11) is 1.45. The molecule has 1 aliphatic carbocycles. The molecule has 1 saturated carbocycles. The molecule has 32 heavy (non-hydrogen) atoms. The second-order valence-electron chi connectivity index (χ2n) is 8.51. The zero-order chi connectivity index (χ0) is 22.3. The number of rotatable bonds is 8. The van der Waals surface area contributed by atoms with Gasteiger partial charge in [-0.25, -0.2) is 4.39 Å². The highest BCUT2D eigenvalue weighted by atomic mass is 19.1. The van der Waals surface area contributed by atoms with E-state index in [1.165, 1.54) is 38.9 Å². The number of hydrogen-bond donors (Lipinski definition) is 2. The minimum absolute atomic E-state index is 0.0440. The van der Waals surface area contributed by atoms with Crippen molar-refractivity contribution in [3.63, 3.8) is 0 Å². The van der Waals surface area contributed by atoms with Gasteiger partial charge in [-0.2, -0.15) is 0 Å². The van der Waals surface area contributed by atoms with Crippen molar-refractivity contribution in [3.05, 3.63) is 53.3 Å². The number of benzene rings is 2. The van der Waals surface area contributed by atoms with Crippen LogP contribution in [0.5, 0.6) is 5.75 Å². The predicted molar refractivity (Wildman–Crippen MR) is 124 cm³/mol. The zero-order valence-corrected chi connectivity index (χ0v) is 18.7. The normalized spacial score (nSPS) is 16.8. The molecule has 2 aromatic carbocycles. The number of methoxy groups -OCH3 is 1. The number of ether oxygens (including phenoxy) is 2. The molecular formula is C25H32FN3O3. The maximum Gasteiger partial charge on any atom is 0.253 e. The van der Waals surface area contributed by atoms with Crippen molar-refractivity contribution in [2.24, 2.45) is 5.92 Å². The van der Waals surface area contributed by atoms with Crippen LogP contribution in [0.2, 0.25) is 0 Å². The second kappa shape index (κ2) is 10.7. The van der Waals surface area contributed by atoms with Gasteiger partial charge in [0, 0.05) is 37.6 Å². The van der Waals surface area contributed by atoms with Crippen LogP contribution in [-0.2, 0) is 11.3 Å². The molecule has 2 N–H and O–H groups in total. The molecule has 172 valence electrons. The Balaban J connectivity index is 1.49. The Hall–Kier alpha value is -2.80. The molecule has 2 aromatic rings. The number of halogens is 1. The summed E-state index contributed by atoms with van der Waals surface area (Å²) < 4.78 is 24.5. The Morgan fingerprint density at radius 1 is 1.16 bits per heavy atom. The van der Waals surface area contributed by atoms with Gasteiger partial charge in [0.15, 0.2) is 11.6 Å². The van der Waals surface area contributed by atoms with E-state index in [9.17, 15) is 9.18 Å². The first-order chi connectivity index (χ1) is 15.6. The van der Waals surface area contributed by atoms with Gasteiger partial charge in [-0.1, -0.05) is 18.9 Å². The Labute approximate surface area is 189 Å². The molecule has 4 rings (SSSR count). The van der Waals surface area contributed by atoms with Crippen LogP contribution in [0.1, 0.15) is 41.6 Å². The van der Waals surface area contributed by atoms with Crippen LogP contribution in [0.3, 0.4) is 0 Å². The lowest BCUT2D eigenvalue weighted by Crippen LogP contribution is -2.38. The maximum atomic E-state index is 14.0. The number of amides is 1. The molecule has 0 radical (unpaired) electrons. The molecule has 1 saturated heterocycles. The topological polar surface area (TPSA) is 62.8 Å². The van der Waals surface area contributed by atoms with Gasteiger partial charge in [0.1, 0.15) is 0 Å². The maximum absolute atomic E-state index is 14.0. The third-order valence-corrected chi connectivity index (χ3v) is 6.33. The van der Waals surface area contributed by atoms with E-state index in [0.29, 0.717) is 31.2 Å². The summed E-state index contributed by atoms with van der Waals surface area (Å²) in [5.41, 5.74) is 3.21. The number of hydrogen-bond acceptors (Lipinski definition) is 5. The number of morpholine rings is 1. The van der Waals surface area contributed by atoms with Crippen molar-refractivity contribution in [2.75, 3.05) is 50.2 Å². The third kappa shape index (κ3) is 5.51. The van der Waals surface area contributed by atoms with Gasteiger partial charge in [0.05, 0.1) is 25.9 Å². The standard InChI is InChI=1S/C25H32FN3O3/c1-31-24-9-6-19(14-22(24)26)17-27-20-7-8-23(29-10-12-32-13-11-29)21(15-20)25(30)28-16-18-4-2-3-5-18/h6-9,14-15,18,27H,2-5,10-13,16-17H2,1H3,(H,28,30). The molecule has 0 unspecified atom stereocenters. The second-order valence-corrected chi connectivity index (χ2v) is 8.51. The number of carbonyl (C=O) groups excluding carboxylic acids is 1. The molecule has 1 amide bonds. The van der Waals surface area contributed by atoms with Crippen LogP contribution >= 0.6 is 0 Å². The third-order valence-electron chi connectivity index (χ3n) is 6.33. The average Bonchev–Trinajstić information content (AvgIpc) is 3.35. The summed E-state index contributed by atoms with van der Waals surface area (Å²) >= 11 is 0. The first-order valence-corrected chi connectivity index (χ1v) is 11.5. The predicted octanol–water partition coefficient (Wildman–Crippen LogP) is 4.20. The van der Waals surface area contributed by atoms with Crippen LogP contribution in [0.4, 0.5) is 15.8 Å². The van der Waals surface area contributed by atoms with E-state index in [1.54, 1.807) is 6.07 Å². The number of anilines is 2. The Morgan fingerprint density at radius 2 is 1.94 bits per heavy atom. The number of nitrogens with one attached hydrogen (secondary N) is 2. The molecule has 0 aromatic heterocycles. The first-order valence-electron chi connectivity index (χ1n) is 11.5. The SMILES string of the molecule is COc1ccc(CNc2ccc(N3CCOCC3)c(C(=O)NCC3CCCC3)c2)cc1F. The van der Waals surface area contributed by atoms with Gasteiger partial charge in [-0.3, -0.25) is 4.79 Å². The lowest BCUT2D eigenvalue weighted by molar-refractivity contribution is 0.0946. The van der Waals surface area contributed by atoms with Gasteiger partial charge < -0.3 is 25.0 Å². The van der Waals surface area contributed by atoms with Gasteiger partial charge >= 0.3 is 0 Å². The minimum Gasteiger partial charge on any atom is -0.494 e. The molecular weight excluding hydrogens is 409 g/mol. The summed E-state index contributed by atoms with van der Waals surface area (Å²) in [6.07, 6.45) is 4.89. The summed E-state index contributed by atoms with van der Waals surface area (Å²) in [5.74, 6) is 0.376. The lowest BCUT2D eigenvalue weighted by atomic mass is 10.1. The smallest absolute Gasteiger partial charge is 0.253 e. The monoisotopic (exact) mass is 441 g/mol. The van der Waals surface area contributed by atoms with E-state index in [-0.39, 0.29) is 17.5 Å². The van der Waals surface area contributed by atoms with Crippen molar-refractivity contribution in [2.45, 2.75) is 32.2 Å². The van der Waals surface area contributed by atoms with Crippen molar-refractivity contribution in [1.82, 2.24) is 5.32 Å². The van der Waals surface area contributed by atoms with E-state index < -0.39 is 0 Å². The van der Waals surface area contributed by atoms with Crippen molar-refractivity contribution in [3.8, 4) is 5.75 Å². The van der Waals surface area contributed by atoms with E-state index in [2.05, 4.69) is 15.5 Å². The summed E-state index contributed by atoms with van der Waals surface area (Å²) in [4.78, 5) is 15.4. The number of nitrogens with zero attached hydrogens (tertiary/aromatic N) is 1. The van der Waals surface area contributed by atoms with Crippen LogP contribution in [0.15, 0.2) is 36.4 Å². The summed E-state index contributed by atoms with van der Waals surface area (Å²) in [6, 6.07) is 10.8. The Kier molecular flexibility index (Phi) is 7.47. The van der Waals surface area contributed by atoms with Crippen molar-refractivity contribution in [1.29, 1.82) is 0 Å². The van der Waals surface area contributed by atoms with Crippen LogP contribution in [-0.4, -0.2) is 45.9 Å². The highest BCUT2D eigenvalue weighted by Gasteiger charge is 2.21. The molecule has 2 aliphatic rings. The van der Waals surface area contributed by atoms with Gasteiger partial charge in [-0.15, -0.1) is 0 Å². The average molecular weight is 442 g/mol. The highest BCUT2D eigenvalue weighted by molar-refractivity contribution is 6.00. The zero-order valence-electron chi connectivity index (χ0n) is 18.7. The van der Waals surface area contributed by atoms with E-state index >= 15 is 0 Å².